The highest BCUT2D eigenvalue weighted by Gasteiger charge is 2.35. The summed E-state index contributed by atoms with van der Waals surface area (Å²) in [4.78, 5) is 37.4. The van der Waals surface area contributed by atoms with E-state index in [1.54, 1.807) is 0 Å². The Labute approximate surface area is 191 Å². The molecule has 168 valence electrons. The van der Waals surface area contributed by atoms with Crippen molar-refractivity contribution >= 4 is 29.7 Å². The Morgan fingerprint density at radius 2 is 1.75 bits per heavy atom. The standard InChI is InChI=1S/C24H26N2O5S/c1-15(10-22(27)26-14-32-13-21(26)23(28)29)11-25-24(30)31-12-20-18-8-4-2-6-16(18)17-7-3-5-9-19(17)20/h2-9,15,20-21H,10-14H2,1H3,(H,25,30)(H,28,29). The van der Waals surface area contributed by atoms with Crippen LogP contribution in [0.1, 0.15) is 30.4 Å². The van der Waals surface area contributed by atoms with Gasteiger partial charge in [-0.25, -0.2) is 9.59 Å². The van der Waals surface area contributed by atoms with Crippen molar-refractivity contribution in [2.75, 3.05) is 24.8 Å². The van der Waals surface area contributed by atoms with Gasteiger partial charge in [0.2, 0.25) is 5.91 Å². The maximum absolute atomic E-state index is 12.5. The van der Waals surface area contributed by atoms with E-state index in [0.717, 1.165) is 11.1 Å². The second-order valence-electron chi connectivity index (χ2n) is 8.23. The monoisotopic (exact) mass is 454 g/mol. The van der Waals surface area contributed by atoms with Gasteiger partial charge >= 0.3 is 12.1 Å². The number of ether oxygens (including phenoxy) is 1. The highest BCUT2D eigenvalue weighted by atomic mass is 32.2. The predicted octanol–water partition coefficient (Wildman–Crippen LogP) is 3.54. The van der Waals surface area contributed by atoms with Gasteiger partial charge in [-0.3, -0.25) is 4.79 Å². The van der Waals surface area contributed by atoms with Gasteiger partial charge in [0.25, 0.3) is 0 Å². The van der Waals surface area contributed by atoms with Crippen LogP contribution in [0.5, 0.6) is 0 Å². The van der Waals surface area contributed by atoms with Crippen LogP contribution in [0.15, 0.2) is 48.5 Å². The van der Waals surface area contributed by atoms with E-state index in [2.05, 4.69) is 29.6 Å². The van der Waals surface area contributed by atoms with E-state index in [1.165, 1.54) is 27.8 Å². The number of carboxylic acid groups (broad SMARTS) is 1. The number of amides is 2. The second kappa shape index (κ2) is 9.65. The molecule has 2 unspecified atom stereocenters. The number of alkyl carbamates (subject to hydrolysis) is 1. The molecule has 0 aromatic heterocycles. The number of fused-ring (bicyclic) bond motifs is 3. The number of benzene rings is 2. The van der Waals surface area contributed by atoms with Gasteiger partial charge in [-0.2, -0.15) is 0 Å². The lowest BCUT2D eigenvalue weighted by Crippen LogP contribution is -2.43. The number of nitrogens with zero attached hydrogens (tertiary/aromatic N) is 1. The third-order valence-electron chi connectivity index (χ3n) is 5.95. The van der Waals surface area contributed by atoms with Gasteiger partial charge in [0.1, 0.15) is 12.6 Å². The van der Waals surface area contributed by atoms with Gasteiger partial charge in [0.15, 0.2) is 0 Å². The third kappa shape index (κ3) is 4.60. The van der Waals surface area contributed by atoms with Crippen LogP contribution in [-0.4, -0.2) is 58.8 Å². The van der Waals surface area contributed by atoms with Crippen LogP contribution in [-0.2, 0) is 14.3 Å². The number of carbonyl (C=O) groups excluding carboxylic acids is 2. The SMILES string of the molecule is CC(CNC(=O)OCC1c2ccccc2-c2ccccc21)CC(=O)N1CSCC1C(=O)O. The highest BCUT2D eigenvalue weighted by Crippen LogP contribution is 2.44. The topological polar surface area (TPSA) is 95.9 Å². The number of hydrogen-bond acceptors (Lipinski definition) is 5. The van der Waals surface area contributed by atoms with Crippen LogP contribution in [0.2, 0.25) is 0 Å². The zero-order valence-corrected chi connectivity index (χ0v) is 18.6. The van der Waals surface area contributed by atoms with Gasteiger partial charge in [0, 0.05) is 24.6 Å². The van der Waals surface area contributed by atoms with Crippen molar-refractivity contribution in [1.82, 2.24) is 10.2 Å². The van der Waals surface area contributed by atoms with E-state index < -0.39 is 18.1 Å². The summed E-state index contributed by atoms with van der Waals surface area (Å²) in [5.41, 5.74) is 4.64. The number of nitrogens with one attached hydrogen (secondary N) is 1. The molecule has 0 saturated carbocycles. The first-order valence-electron chi connectivity index (χ1n) is 10.6. The lowest BCUT2D eigenvalue weighted by Gasteiger charge is -2.22. The van der Waals surface area contributed by atoms with Gasteiger partial charge in [-0.05, 0) is 28.2 Å². The Morgan fingerprint density at radius 1 is 1.12 bits per heavy atom. The molecule has 7 nitrogen and oxygen atoms in total. The molecule has 8 heteroatoms. The lowest BCUT2D eigenvalue weighted by molar-refractivity contribution is -0.148. The van der Waals surface area contributed by atoms with Crippen LogP contribution >= 0.6 is 11.8 Å². The van der Waals surface area contributed by atoms with Gasteiger partial charge in [0.05, 0.1) is 5.88 Å². The largest absolute Gasteiger partial charge is 0.480 e. The molecule has 1 heterocycles. The van der Waals surface area contributed by atoms with Crippen molar-refractivity contribution in [3.05, 3.63) is 59.7 Å². The lowest BCUT2D eigenvalue weighted by atomic mass is 9.98. The van der Waals surface area contributed by atoms with Gasteiger partial charge in [-0.15, -0.1) is 11.8 Å². The Balaban J connectivity index is 1.27. The molecular formula is C24H26N2O5S. The summed E-state index contributed by atoms with van der Waals surface area (Å²) in [6, 6.07) is 15.5. The van der Waals surface area contributed by atoms with Crippen LogP contribution < -0.4 is 5.32 Å². The summed E-state index contributed by atoms with van der Waals surface area (Å²) in [7, 11) is 0. The van der Waals surface area contributed by atoms with E-state index >= 15 is 0 Å². The zero-order chi connectivity index (χ0) is 22.7. The van der Waals surface area contributed by atoms with Crippen LogP contribution in [0.25, 0.3) is 11.1 Å². The van der Waals surface area contributed by atoms with Crippen molar-refractivity contribution in [3.8, 4) is 11.1 Å². The van der Waals surface area contributed by atoms with E-state index in [9.17, 15) is 19.5 Å². The Bertz CT molecular complexity index is 981. The van der Waals surface area contributed by atoms with Crippen molar-refractivity contribution in [1.29, 1.82) is 0 Å². The maximum atomic E-state index is 12.5. The zero-order valence-electron chi connectivity index (χ0n) is 17.8. The molecule has 0 bridgehead atoms. The van der Waals surface area contributed by atoms with Crippen molar-refractivity contribution < 1.29 is 24.2 Å². The minimum atomic E-state index is -0.979. The fraction of sp³-hybridized carbons (Fsp3) is 0.375. The van der Waals surface area contributed by atoms with E-state index in [1.807, 2.05) is 31.2 Å². The summed E-state index contributed by atoms with van der Waals surface area (Å²) in [5.74, 6) is -0.525. The fourth-order valence-electron chi connectivity index (χ4n) is 4.29. The molecule has 2 aliphatic rings. The number of thioether (sulfide) groups is 1. The molecule has 4 rings (SSSR count). The molecule has 2 aromatic carbocycles. The van der Waals surface area contributed by atoms with Crippen molar-refractivity contribution in [2.45, 2.75) is 25.3 Å². The molecule has 2 N–H and O–H groups in total. The summed E-state index contributed by atoms with van der Waals surface area (Å²) in [6.07, 6.45) is -0.347. The maximum Gasteiger partial charge on any atom is 0.407 e. The molecule has 2 aromatic rings. The average molecular weight is 455 g/mol. The molecule has 1 saturated heterocycles. The third-order valence-corrected chi connectivity index (χ3v) is 6.96. The minimum Gasteiger partial charge on any atom is -0.480 e. The van der Waals surface area contributed by atoms with Crippen molar-refractivity contribution in [3.63, 3.8) is 0 Å². The first-order chi connectivity index (χ1) is 15.5. The average Bonchev–Trinajstić information content (AvgIpc) is 3.40. The number of aliphatic carboxylic acids is 1. The van der Waals surface area contributed by atoms with E-state index in [0.29, 0.717) is 11.6 Å². The van der Waals surface area contributed by atoms with Gasteiger partial charge < -0.3 is 20.1 Å². The molecule has 0 spiro atoms. The minimum absolute atomic E-state index is 0.00669. The summed E-state index contributed by atoms with van der Waals surface area (Å²) < 4.78 is 5.52. The molecule has 2 atom stereocenters. The fourth-order valence-corrected chi connectivity index (χ4v) is 5.46. The first kappa shape index (κ1) is 22.2. The number of carbonyl (C=O) groups is 3. The second-order valence-corrected chi connectivity index (χ2v) is 9.23. The smallest absolute Gasteiger partial charge is 0.407 e. The number of rotatable bonds is 7. The Morgan fingerprint density at radius 3 is 2.38 bits per heavy atom. The van der Waals surface area contributed by atoms with Crippen LogP contribution in [0.3, 0.4) is 0 Å². The predicted molar refractivity (Wildman–Crippen MR) is 122 cm³/mol. The van der Waals surface area contributed by atoms with Crippen LogP contribution in [0.4, 0.5) is 4.79 Å². The van der Waals surface area contributed by atoms with E-state index in [-0.39, 0.29) is 37.3 Å². The number of hydrogen-bond donors (Lipinski definition) is 2. The van der Waals surface area contributed by atoms with Crippen molar-refractivity contribution in [2.24, 2.45) is 5.92 Å². The molecule has 32 heavy (non-hydrogen) atoms. The molecule has 2 amide bonds. The summed E-state index contributed by atoms with van der Waals surface area (Å²) in [6.45, 7) is 2.36. The quantitative estimate of drug-likeness (QED) is 0.664. The normalized spacial score (nSPS) is 18.0. The van der Waals surface area contributed by atoms with Crippen LogP contribution in [0, 0.1) is 5.92 Å². The summed E-state index contributed by atoms with van der Waals surface area (Å²) >= 11 is 1.44. The summed E-state index contributed by atoms with van der Waals surface area (Å²) in [5, 5.41) is 12.0. The van der Waals surface area contributed by atoms with Gasteiger partial charge in [-0.1, -0.05) is 55.5 Å². The Kier molecular flexibility index (Phi) is 6.69. The molecule has 1 aliphatic carbocycles. The molecular weight excluding hydrogens is 428 g/mol. The first-order valence-corrected chi connectivity index (χ1v) is 11.8. The Hall–Kier alpha value is -3.00. The van der Waals surface area contributed by atoms with E-state index in [4.69, 9.17) is 4.74 Å². The number of carboxylic acids is 1. The molecule has 1 fully saturated rings. The molecule has 1 aliphatic heterocycles. The molecule has 0 radical (unpaired) electrons. The highest BCUT2D eigenvalue weighted by molar-refractivity contribution is 7.99.